The van der Waals surface area contributed by atoms with Gasteiger partial charge in [-0.05, 0) is 37.6 Å². The molecule has 1 unspecified atom stereocenters. The summed E-state index contributed by atoms with van der Waals surface area (Å²) in [5.74, 6) is 1.16. The lowest BCUT2D eigenvalue weighted by molar-refractivity contribution is 0.547. The van der Waals surface area contributed by atoms with E-state index in [2.05, 4.69) is 25.8 Å². The van der Waals surface area contributed by atoms with E-state index in [0.29, 0.717) is 5.92 Å². The zero-order valence-electron chi connectivity index (χ0n) is 15.7. The average Bonchev–Trinajstić information content (AvgIpc) is 3.20. The number of rotatable bonds is 6. The summed E-state index contributed by atoms with van der Waals surface area (Å²) in [6.45, 7) is 8.49. The second-order valence-corrected chi connectivity index (χ2v) is 7.95. The Kier molecular flexibility index (Phi) is 5.19. The topological polar surface area (TPSA) is 65.2 Å². The number of fused-ring (bicyclic) bond motifs is 1. The maximum absolute atomic E-state index is 5.93. The fraction of sp³-hybridized carbons (Fsp3) is 0.381. The Labute approximate surface area is 159 Å². The van der Waals surface area contributed by atoms with Crippen molar-refractivity contribution in [3.63, 3.8) is 0 Å². The van der Waals surface area contributed by atoms with Crippen molar-refractivity contribution in [1.82, 2.24) is 4.98 Å². The number of hydrogen-bond donors (Lipinski definition) is 2. The molecule has 0 aliphatic heterocycles. The van der Waals surface area contributed by atoms with E-state index < -0.39 is 4.75 Å². The lowest BCUT2D eigenvalue weighted by atomic mass is 9.90. The Hall–Kier alpha value is -2.14. The first-order chi connectivity index (χ1) is 12.4. The maximum atomic E-state index is 5.93. The van der Waals surface area contributed by atoms with E-state index in [0.717, 1.165) is 46.4 Å². The van der Waals surface area contributed by atoms with E-state index in [1.165, 1.54) is 11.8 Å². The molecule has 26 heavy (non-hydrogen) atoms. The summed E-state index contributed by atoms with van der Waals surface area (Å²) in [5.41, 5.74) is 10.4. The minimum atomic E-state index is -0.652. The minimum absolute atomic E-state index is 0.378. The third kappa shape index (κ3) is 3.05. The summed E-state index contributed by atoms with van der Waals surface area (Å²) in [4.78, 5) is 4.63. The van der Waals surface area contributed by atoms with Gasteiger partial charge in [0.1, 0.15) is 11.5 Å². The van der Waals surface area contributed by atoms with Crippen molar-refractivity contribution in [3.05, 3.63) is 59.1 Å². The Balaban J connectivity index is 2.19. The van der Waals surface area contributed by atoms with Crippen LogP contribution >= 0.6 is 12.6 Å². The van der Waals surface area contributed by atoms with Crippen molar-refractivity contribution in [2.45, 2.75) is 51.2 Å². The van der Waals surface area contributed by atoms with Gasteiger partial charge in [-0.25, -0.2) is 0 Å². The third-order valence-electron chi connectivity index (χ3n) is 4.80. The van der Waals surface area contributed by atoms with E-state index in [4.69, 9.17) is 27.2 Å². The summed E-state index contributed by atoms with van der Waals surface area (Å²) < 4.78 is 11.1. The molecule has 3 heterocycles. The summed E-state index contributed by atoms with van der Waals surface area (Å²) in [6, 6.07) is 2.01. The monoisotopic (exact) mass is 370 g/mol. The zero-order valence-corrected chi connectivity index (χ0v) is 16.6. The predicted molar refractivity (Wildman–Crippen MR) is 109 cm³/mol. The van der Waals surface area contributed by atoms with Crippen LogP contribution in [0.2, 0.25) is 0 Å². The van der Waals surface area contributed by atoms with Gasteiger partial charge in [-0.1, -0.05) is 27.2 Å². The number of aromatic nitrogens is 1. The molecule has 0 radical (unpaired) electrons. The molecule has 5 heteroatoms. The molecule has 0 saturated heterocycles. The summed E-state index contributed by atoms with van der Waals surface area (Å²) in [7, 11) is 0. The van der Waals surface area contributed by atoms with Gasteiger partial charge in [0.15, 0.2) is 5.58 Å². The van der Waals surface area contributed by atoms with Crippen molar-refractivity contribution in [1.29, 1.82) is 0 Å². The molecule has 3 aromatic heterocycles. The number of nitrogens with zero attached hydrogens (tertiary/aromatic N) is 1. The molecular formula is C21H26N2O2S. The van der Waals surface area contributed by atoms with E-state index in [1.54, 1.807) is 12.3 Å². The van der Waals surface area contributed by atoms with Crippen molar-refractivity contribution in [2.24, 2.45) is 5.73 Å². The van der Waals surface area contributed by atoms with Crippen LogP contribution in [0.15, 0.2) is 39.8 Å². The van der Waals surface area contributed by atoms with Gasteiger partial charge in [0.05, 0.1) is 17.3 Å². The molecule has 0 aliphatic carbocycles. The molecule has 3 aromatic rings. The van der Waals surface area contributed by atoms with Crippen LogP contribution in [-0.2, 0) is 11.2 Å². The van der Waals surface area contributed by atoms with Crippen LogP contribution in [0.5, 0.6) is 0 Å². The van der Waals surface area contributed by atoms with E-state index in [1.807, 2.05) is 25.5 Å². The standard InChI is InChI=1S/C21H26N2O2S/c1-5-6-15-17(12-24-18(15)7-9-22)21(4,26)20-19-14(8-10-23-20)16(11-25-19)13(2)3/h7-13,26H,5-6,22H2,1-4H3/b9-7-. The lowest BCUT2D eigenvalue weighted by Crippen LogP contribution is -2.19. The molecule has 0 bridgehead atoms. The van der Waals surface area contributed by atoms with Crippen molar-refractivity contribution in [2.75, 3.05) is 0 Å². The first-order valence-corrected chi connectivity index (χ1v) is 9.44. The minimum Gasteiger partial charge on any atom is -0.464 e. The van der Waals surface area contributed by atoms with Gasteiger partial charge in [-0.15, -0.1) is 0 Å². The molecule has 0 saturated carbocycles. The molecule has 0 aromatic carbocycles. The number of thiol groups is 1. The second-order valence-electron chi connectivity index (χ2n) is 7.06. The molecule has 0 fully saturated rings. The largest absolute Gasteiger partial charge is 0.464 e. The summed E-state index contributed by atoms with van der Waals surface area (Å²) in [6.07, 6.45) is 10.6. The predicted octanol–water partition coefficient (Wildman–Crippen LogP) is 5.62. The van der Waals surface area contributed by atoms with Gasteiger partial charge in [-0.3, -0.25) is 4.98 Å². The molecule has 2 N–H and O–H groups in total. The van der Waals surface area contributed by atoms with Gasteiger partial charge in [0, 0.05) is 28.3 Å². The van der Waals surface area contributed by atoms with Crippen LogP contribution in [0.1, 0.15) is 68.2 Å². The van der Waals surface area contributed by atoms with E-state index in [-0.39, 0.29) is 0 Å². The van der Waals surface area contributed by atoms with Crippen molar-refractivity contribution in [3.8, 4) is 0 Å². The van der Waals surface area contributed by atoms with Crippen molar-refractivity contribution >= 4 is 29.7 Å². The lowest BCUT2D eigenvalue weighted by Gasteiger charge is -2.23. The SMILES string of the molecule is CCCc1c(C(C)(S)c2nccc3c(C(C)C)coc23)coc1/C=C\N. The van der Waals surface area contributed by atoms with Crippen LogP contribution in [0.4, 0.5) is 0 Å². The Morgan fingerprint density at radius 1 is 1.31 bits per heavy atom. The highest BCUT2D eigenvalue weighted by Gasteiger charge is 2.34. The third-order valence-corrected chi connectivity index (χ3v) is 5.25. The van der Waals surface area contributed by atoms with Gasteiger partial charge >= 0.3 is 0 Å². The van der Waals surface area contributed by atoms with Crippen LogP contribution in [0, 0.1) is 0 Å². The fourth-order valence-electron chi connectivity index (χ4n) is 3.44. The summed E-state index contributed by atoms with van der Waals surface area (Å²) in [5, 5.41) is 1.09. The van der Waals surface area contributed by atoms with Gasteiger partial charge in [0.25, 0.3) is 0 Å². The quantitative estimate of drug-likeness (QED) is 0.553. The molecule has 3 rings (SSSR count). The molecule has 0 aliphatic rings. The van der Waals surface area contributed by atoms with Crippen LogP contribution < -0.4 is 5.73 Å². The number of pyridine rings is 1. The van der Waals surface area contributed by atoms with Crippen LogP contribution in [0.3, 0.4) is 0 Å². The highest BCUT2D eigenvalue weighted by Crippen LogP contribution is 2.43. The van der Waals surface area contributed by atoms with Crippen LogP contribution in [-0.4, -0.2) is 4.98 Å². The second kappa shape index (κ2) is 7.23. The highest BCUT2D eigenvalue weighted by atomic mass is 32.1. The van der Waals surface area contributed by atoms with Gasteiger partial charge in [-0.2, -0.15) is 12.6 Å². The van der Waals surface area contributed by atoms with Crippen LogP contribution in [0.25, 0.3) is 17.0 Å². The van der Waals surface area contributed by atoms with Gasteiger partial charge < -0.3 is 14.6 Å². The fourth-order valence-corrected chi connectivity index (χ4v) is 3.79. The normalized spacial score (nSPS) is 14.5. The highest BCUT2D eigenvalue weighted by molar-refractivity contribution is 7.81. The molecule has 4 nitrogen and oxygen atoms in total. The Bertz CT molecular complexity index is 935. The molecule has 0 amide bonds. The molecule has 0 spiro atoms. The maximum Gasteiger partial charge on any atom is 0.157 e. The zero-order chi connectivity index (χ0) is 18.9. The number of furan rings is 2. The molecule has 138 valence electrons. The van der Waals surface area contributed by atoms with Gasteiger partial charge in [0.2, 0.25) is 0 Å². The van der Waals surface area contributed by atoms with E-state index in [9.17, 15) is 0 Å². The Morgan fingerprint density at radius 3 is 2.73 bits per heavy atom. The first-order valence-electron chi connectivity index (χ1n) is 8.99. The molecule has 1 atom stereocenters. The van der Waals surface area contributed by atoms with E-state index >= 15 is 0 Å². The average molecular weight is 371 g/mol. The number of nitrogens with two attached hydrogens (primary N) is 1. The first kappa shape index (κ1) is 18.6. The summed E-state index contributed by atoms with van der Waals surface area (Å²) >= 11 is 5.01. The van der Waals surface area contributed by atoms with Crippen molar-refractivity contribution < 1.29 is 8.83 Å². The number of hydrogen-bond acceptors (Lipinski definition) is 5. The Morgan fingerprint density at radius 2 is 2.08 bits per heavy atom. The molecular weight excluding hydrogens is 344 g/mol. The smallest absolute Gasteiger partial charge is 0.157 e.